The third-order valence-electron chi connectivity index (χ3n) is 6.00. The van der Waals surface area contributed by atoms with Gasteiger partial charge in [0.1, 0.15) is 0 Å². The second kappa shape index (κ2) is 9.09. The lowest BCUT2D eigenvalue weighted by molar-refractivity contribution is -0.135. The molecule has 3 saturated heterocycles. The highest BCUT2D eigenvalue weighted by molar-refractivity contribution is 7.88. The summed E-state index contributed by atoms with van der Waals surface area (Å²) in [5.74, 6) is -0.671. The van der Waals surface area contributed by atoms with Crippen LogP contribution in [0.15, 0.2) is 0 Å². The lowest BCUT2D eigenvalue weighted by Gasteiger charge is -2.30. The Labute approximate surface area is 168 Å². The van der Waals surface area contributed by atoms with Gasteiger partial charge in [-0.2, -0.15) is 0 Å². The Hall–Kier alpha value is -0.860. The molecule has 0 N–H and O–H groups in total. The zero-order valence-electron chi connectivity index (χ0n) is 16.3. The summed E-state index contributed by atoms with van der Waals surface area (Å²) >= 11 is 0. The number of likely N-dealkylation sites (tertiary alicyclic amines) is 2. The molecule has 0 unspecified atom stereocenters. The van der Waals surface area contributed by atoms with E-state index in [1.54, 1.807) is 4.90 Å². The van der Waals surface area contributed by atoms with Crippen LogP contribution in [-0.4, -0.2) is 78.9 Å². The Balaban J connectivity index is 0.00000261. The van der Waals surface area contributed by atoms with Gasteiger partial charge in [0.2, 0.25) is 21.8 Å². The first-order valence-electron chi connectivity index (χ1n) is 9.89. The summed E-state index contributed by atoms with van der Waals surface area (Å²) in [6.07, 6.45) is 7.75. The van der Waals surface area contributed by atoms with Crippen LogP contribution in [0.1, 0.15) is 51.9 Å². The lowest BCUT2D eigenvalue weighted by atomic mass is 9.94. The van der Waals surface area contributed by atoms with Crippen LogP contribution in [0, 0.1) is 5.92 Å². The van der Waals surface area contributed by atoms with Crippen molar-refractivity contribution in [3.05, 3.63) is 0 Å². The molecular weight excluding hydrogens is 390 g/mol. The molecule has 3 aliphatic heterocycles. The standard InChI is InChI=1S/C18H31N3O4S.ClH/c1-3-8-14-17-15(21(18(14)23)26(2,24)25)9-12-20(17)16(22)13-19-10-6-4-5-7-11-19;/h14-15,17H,3-13H2,1-2H3;1H/t14-,15+,17-;/m1./s1. The van der Waals surface area contributed by atoms with Crippen molar-refractivity contribution in [1.82, 2.24) is 14.1 Å². The Kier molecular flexibility index (Phi) is 7.55. The zero-order valence-corrected chi connectivity index (χ0v) is 17.9. The van der Waals surface area contributed by atoms with Gasteiger partial charge >= 0.3 is 0 Å². The topological polar surface area (TPSA) is 78.0 Å². The van der Waals surface area contributed by atoms with Crippen molar-refractivity contribution in [3.8, 4) is 0 Å². The van der Waals surface area contributed by atoms with E-state index >= 15 is 0 Å². The van der Waals surface area contributed by atoms with Crippen molar-refractivity contribution >= 4 is 34.2 Å². The number of carbonyl (C=O) groups is 2. The van der Waals surface area contributed by atoms with Crippen LogP contribution in [0.5, 0.6) is 0 Å². The van der Waals surface area contributed by atoms with Crippen molar-refractivity contribution in [2.45, 2.75) is 64.0 Å². The molecule has 3 heterocycles. The third-order valence-corrected chi connectivity index (χ3v) is 7.17. The Morgan fingerprint density at radius 3 is 2.30 bits per heavy atom. The van der Waals surface area contributed by atoms with Gasteiger partial charge in [0.15, 0.2) is 0 Å². The average molecular weight is 422 g/mol. The van der Waals surface area contributed by atoms with Crippen LogP contribution in [0.2, 0.25) is 0 Å². The third kappa shape index (κ3) is 4.59. The maximum absolute atomic E-state index is 13.0. The van der Waals surface area contributed by atoms with Crippen LogP contribution in [-0.2, 0) is 19.6 Å². The SMILES string of the molecule is CCC[C@H]1C(=O)N(S(C)(=O)=O)[C@H]2CCN(C(=O)CN3CCCCCC3)[C@H]12.Cl. The first kappa shape index (κ1) is 22.4. The molecule has 156 valence electrons. The first-order chi connectivity index (χ1) is 12.3. The summed E-state index contributed by atoms with van der Waals surface area (Å²) < 4.78 is 25.4. The molecule has 3 rings (SSSR count). The largest absolute Gasteiger partial charge is 0.336 e. The summed E-state index contributed by atoms with van der Waals surface area (Å²) in [7, 11) is -3.60. The molecular formula is C18H32ClN3O4S. The fraction of sp³-hybridized carbons (Fsp3) is 0.889. The molecule has 27 heavy (non-hydrogen) atoms. The molecule has 2 amide bonds. The van der Waals surface area contributed by atoms with E-state index < -0.39 is 15.9 Å². The van der Waals surface area contributed by atoms with Gasteiger partial charge in [-0.25, -0.2) is 12.7 Å². The molecule has 0 saturated carbocycles. The van der Waals surface area contributed by atoms with Crippen LogP contribution in [0.4, 0.5) is 0 Å². The number of sulfonamides is 1. The minimum atomic E-state index is -3.60. The monoisotopic (exact) mass is 421 g/mol. The lowest BCUT2D eigenvalue weighted by Crippen LogP contribution is -2.47. The fourth-order valence-corrected chi connectivity index (χ4v) is 6.08. The highest BCUT2D eigenvalue weighted by atomic mass is 35.5. The average Bonchev–Trinajstić information content (AvgIpc) is 2.96. The van der Waals surface area contributed by atoms with E-state index in [9.17, 15) is 18.0 Å². The second-order valence-electron chi connectivity index (χ2n) is 7.92. The molecule has 9 heteroatoms. The Morgan fingerprint density at radius 1 is 1.11 bits per heavy atom. The van der Waals surface area contributed by atoms with Gasteiger partial charge < -0.3 is 4.90 Å². The van der Waals surface area contributed by atoms with Crippen molar-refractivity contribution in [1.29, 1.82) is 0 Å². The van der Waals surface area contributed by atoms with Crippen molar-refractivity contribution in [3.63, 3.8) is 0 Å². The molecule has 0 aromatic carbocycles. The van der Waals surface area contributed by atoms with Crippen LogP contribution < -0.4 is 0 Å². The fourth-order valence-electron chi connectivity index (χ4n) is 4.90. The maximum atomic E-state index is 13.0. The minimum Gasteiger partial charge on any atom is -0.336 e. The molecule has 3 aliphatic rings. The molecule has 0 spiro atoms. The van der Waals surface area contributed by atoms with E-state index in [0.717, 1.165) is 42.9 Å². The van der Waals surface area contributed by atoms with Crippen molar-refractivity contribution in [2.75, 3.05) is 32.4 Å². The van der Waals surface area contributed by atoms with Gasteiger partial charge in [-0.1, -0.05) is 26.2 Å². The predicted molar refractivity (Wildman–Crippen MR) is 106 cm³/mol. The number of rotatable bonds is 5. The van der Waals surface area contributed by atoms with Gasteiger partial charge in [0, 0.05) is 6.54 Å². The van der Waals surface area contributed by atoms with Crippen LogP contribution in [0.25, 0.3) is 0 Å². The number of carbonyl (C=O) groups excluding carboxylic acids is 2. The number of hydrogen-bond donors (Lipinski definition) is 0. The molecule has 0 aromatic heterocycles. The van der Waals surface area contributed by atoms with Gasteiger partial charge in [-0.05, 0) is 38.8 Å². The molecule has 3 fully saturated rings. The summed E-state index contributed by atoms with van der Waals surface area (Å²) in [6, 6.07) is -0.682. The van der Waals surface area contributed by atoms with E-state index in [1.165, 1.54) is 12.8 Å². The number of amides is 2. The van der Waals surface area contributed by atoms with E-state index in [2.05, 4.69) is 4.90 Å². The highest BCUT2D eigenvalue weighted by Crippen LogP contribution is 2.40. The molecule has 3 atom stereocenters. The summed E-state index contributed by atoms with van der Waals surface area (Å²) in [6.45, 7) is 4.81. The van der Waals surface area contributed by atoms with E-state index in [1.807, 2.05) is 6.92 Å². The van der Waals surface area contributed by atoms with Crippen molar-refractivity contribution in [2.24, 2.45) is 5.92 Å². The van der Waals surface area contributed by atoms with E-state index in [0.29, 0.717) is 25.9 Å². The molecule has 0 radical (unpaired) electrons. The minimum absolute atomic E-state index is 0. The number of halogens is 1. The van der Waals surface area contributed by atoms with Gasteiger partial charge in [-0.15, -0.1) is 12.4 Å². The molecule has 7 nitrogen and oxygen atoms in total. The summed E-state index contributed by atoms with van der Waals surface area (Å²) in [5, 5.41) is 0. The first-order valence-corrected chi connectivity index (χ1v) is 11.7. The predicted octanol–water partition coefficient (Wildman–Crippen LogP) is 1.47. The van der Waals surface area contributed by atoms with Crippen molar-refractivity contribution < 1.29 is 18.0 Å². The maximum Gasteiger partial charge on any atom is 0.241 e. The molecule has 0 bridgehead atoms. The second-order valence-corrected chi connectivity index (χ2v) is 9.78. The number of nitrogens with zero attached hydrogens (tertiary/aromatic N) is 3. The summed E-state index contributed by atoms with van der Waals surface area (Å²) in [5.41, 5.74) is 0. The molecule has 0 aliphatic carbocycles. The van der Waals surface area contributed by atoms with Crippen LogP contribution in [0.3, 0.4) is 0 Å². The van der Waals surface area contributed by atoms with Gasteiger partial charge in [0.05, 0.1) is 30.8 Å². The highest BCUT2D eigenvalue weighted by Gasteiger charge is 2.57. The number of fused-ring (bicyclic) bond motifs is 1. The zero-order chi connectivity index (χ0) is 18.9. The quantitative estimate of drug-likeness (QED) is 0.671. The van der Waals surface area contributed by atoms with Crippen LogP contribution >= 0.6 is 12.4 Å². The summed E-state index contributed by atoms with van der Waals surface area (Å²) in [4.78, 5) is 29.8. The Bertz CT molecular complexity index is 649. The number of hydrogen-bond acceptors (Lipinski definition) is 5. The van der Waals surface area contributed by atoms with Gasteiger partial charge in [0.25, 0.3) is 0 Å². The van der Waals surface area contributed by atoms with E-state index in [4.69, 9.17) is 0 Å². The smallest absolute Gasteiger partial charge is 0.241 e. The normalized spacial score (nSPS) is 29.4. The van der Waals surface area contributed by atoms with Gasteiger partial charge in [-0.3, -0.25) is 14.5 Å². The van der Waals surface area contributed by atoms with E-state index in [-0.39, 0.29) is 36.3 Å². The molecule has 0 aromatic rings. The Morgan fingerprint density at radius 2 is 1.74 bits per heavy atom.